The van der Waals surface area contributed by atoms with Crippen molar-refractivity contribution in [3.63, 3.8) is 0 Å². The van der Waals surface area contributed by atoms with Crippen molar-refractivity contribution in [3.8, 4) is 11.5 Å². The predicted molar refractivity (Wildman–Crippen MR) is 122 cm³/mol. The van der Waals surface area contributed by atoms with Crippen molar-refractivity contribution in [1.29, 1.82) is 0 Å². The molecule has 1 N–H and O–H groups in total. The number of carbonyl (C=O) groups is 2. The highest BCUT2D eigenvalue weighted by Crippen LogP contribution is 2.35. The Bertz CT molecular complexity index is 1020. The molecule has 0 unspecified atom stereocenters. The third-order valence-corrected chi connectivity index (χ3v) is 5.49. The summed E-state index contributed by atoms with van der Waals surface area (Å²) in [5.41, 5.74) is 1.11. The number of hydrogen-bond acceptors (Lipinski definition) is 5. The van der Waals surface area contributed by atoms with E-state index in [4.69, 9.17) is 21.7 Å². The maximum atomic E-state index is 13.1. The zero-order valence-electron chi connectivity index (χ0n) is 15.5. The van der Waals surface area contributed by atoms with Crippen LogP contribution in [0.4, 0.5) is 5.69 Å². The Labute approximate surface area is 190 Å². The van der Waals surface area contributed by atoms with Crippen LogP contribution in [-0.4, -0.2) is 30.6 Å². The average Bonchev–Trinajstić information content (AvgIpc) is 2.65. The summed E-state index contributed by atoms with van der Waals surface area (Å²) < 4.78 is 12.1. The third kappa shape index (κ3) is 4.52. The predicted octanol–water partition coefficient (Wildman–Crippen LogP) is 4.45. The van der Waals surface area contributed by atoms with E-state index in [1.54, 1.807) is 43.5 Å². The van der Waals surface area contributed by atoms with Crippen molar-refractivity contribution in [3.05, 3.63) is 56.5 Å². The van der Waals surface area contributed by atoms with Crippen LogP contribution in [0.5, 0.6) is 11.5 Å². The first-order valence-corrected chi connectivity index (χ1v) is 10.5. The summed E-state index contributed by atoms with van der Waals surface area (Å²) >= 11 is 12.1. The van der Waals surface area contributed by atoms with Gasteiger partial charge in [0.15, 0.2) is 5.11 Å². The molecule has 2 aromatic carbocycles. The summed E-state index contributed by atoms with van der Waals surface area (Å²) in [4.78, 5) is 26.9. The minimum absolute atomic E-state index is 0.0166. The van der Waals surface area contributed by atoms with Crippen LogP contribution in [0.1, 0.15) is 12.5 Å². The van der Waals surface area contributed by atoms with Gasteiger partial charge in [-0.2, -0.15) is 0 Å². The standard InChI is InChI=1S/C20H16Br2N2O4S/c1-3-28-13-6-4-5-12(10-13)24-19(26)14(18(25)23-20(24)29)7-11-8-15(21)17(27-2)16(22)9-11/h4-10H,3H2,1-2H3,(H,23,25,29)/b14-7+. The van der Waals surface area contributed by atoms with Crippen LogP contribution in [0, 0.1) is 0 Å². The lowest BCUT2D eigenvalue weighted by atomic mass is 10.1. The molecule has 29 heavy (non-hydrogen) atoms. The van der Waals surface area contributed by atoms with Gasteiger partial charge in [0, 0.05) is 6.07 Å². The van der Waals surface area contributed by atoms with E-state index >= 15 is 0 Å². The number of benzene rings is 2. The highest BCUT2D eigenvalue weighted by atomic mass is 79.9. The molecule has 0 saturated carbocycles. The fourth-order valence-electron chi connectivity index (χ4n) is 2.80. The van der Waals surface area contributed by atoms with Crippen LogP contribution in [-0.2, 0) is 9.59 Å². The second-order valence-electron chi connectivity index (χ2n) is 5.91. The monoisotopic (exact) mass is 538 g/mol. The number of amides is 2. The lowest BCUT2D eigenvalue weighted by Crippen LogP contribution is -2.54. The second-order valence-corrected chi connectivity index (χ2v) is 8.00. The van der Waals surface area contributed by atoms with Crippen molar-refractivity contribution in [2.45, 2.75) is 6.92 Å². The fraction of sp³-hybridized carbons (Fsp3) is 0.150. The van der Waals surface area contributed by atoms with E-state index in [1.165, 1.54) is 11.0 Å². The highest BCUT2D eigenvalue weighted by Gasteiger charge is 2.34. The average molecular weight is 540 g/mol. The number of nitrogens with one attached hydrogen (secondary N) is 1. The van der Waals surface area contributed by atoms with Gasteiger partial charge in [0.2, 0.25) is 0 Å². The van der Waals surface area contributed by atoms with E-state index in [-0.39, 0.29) is 10.7 Å². The van der Waals surface area contributed by atoms with Gasteiger partial charge in [0.1, 0.15) is 17.1 Å². The van der Waals surface area contributed by atoms with Gasteiger partial charge >= 0.3 is 0 Å². The first-order valence-electron chi connectivity index (χ1n) is 8.53. The van der Waals surface area contributed by atoms with Gasteiger partial charge in [0.25, 0.3) is 11.8 Å². The van der Waals surface area contributed by atoms with Gasteiger partial charge in [-0.1, -0.05) is 6.07 Å². The van der Waals surface area contributed by atoms with Gasteiger partial charge in [-0.05, 0) is 86.9 Å². The topological polar surface area (TPSA) is 67.9 Å². The molecule has 9 heteroatoms. The number of nitrogens with zero attached hydrogens (tertiary/aromatic N) is 1. The number of rotatable bonds is 5. The Morgan fingerprint density at radius 1 is 1.17 bits per heavy atom. The first kappa shape index (κ1) is 21.5. The molecule has 1 saturated heterocycles. The Hall–Kier alpha value is -2.23. The van der Waals surface area contributed by atoms with Gasteiger partial charge in [0.05, 0.1) is 28.3 Å². The van der Waals surface area contributed by atoms with Crippen molar-refractivity contribution in [1.82, 2.24) is 5.32 Å². The van der Waals surface area contributed by atoms with Crippen molar-refractivity contribution >= 4 is 72.8 Å². The summed E-state index contributed by atoms with van der Waals surface area (Å²) in [5.74, 6) is 0.142. The Morgan fingerprint density at radius 3 is 2.48 bits per heavy atom. The van der Waals surface area contributed by atoms with Crippen LogP contribution in [0.25, 0.3) is 6.08 Å². The second kappa shape index (κ2) is 9.06. The molecule has 2 amide bonds. The van der Waals surface area contributed by atoms with Gasteiger partial charge in [-0.3, -0.25) is 19.8 Å². The van der Waals surface area contributed by atoms with Crippen LogP contribution >= 0.6 is 44.1 Å². The van der Waals surface area contributed by atoms with Gasteiger partial charge < -0.3 is 9.47 Å². The zero-order chi connectivity index (χ0) is 21.1. The molecule has 150 valence electrons. The van der Waals surface area contributed by atoms with E-state index in [9.17, 15) is 9.59 Å². The molecule has 1 heterocycles. The smallest absolute Gasteiger partial charge is 0.270 e. The molecule has 6 nitrogen and oxygen atoms in total. The third-order valence-electron chi connectivity index (χ3n) is 4.02. The minimum Gasteiger partial charge on any atom is -0.494 e. The van der Waals surface area contributed by atoms with Crippen LogP contribution < -0.4 is 19.7 Å². The lowest BCUT2D eigenvalue weighted by Gasteiger charge is -2.29. The summed E-state index contributed by atoms with van der Waals surface area (Å²) in [6.07, 6.45) is 1.51. The summed E-state index contributed by atoms with van der Waals surface area (Å²) in [5, 5.41) is 2.59. The molecular formula is C20H16Br2N2O4S. The van der Waals surface area contributed by atoms with Crippen LogP contribution in [0.3, 0.4) is 0 Å². The van der Waals surface area contributed by atoms with Crippen molar-refractivity contribution in [2.75, 3.05) is 18.6 Å². The number of anilines is 1. The van der Waals surface area contributed by atoms with E-state index < -0.39 is 11.8 Å². The largest absolute Gasteiger partial charge is 0.494 e. The number of halogens is 2. The Balaban J connectivity index is 2.01. The van der Waals surface area contributed by atoms with Crippen LogP contribution in [0.15, 0.2) is 50.9 Å². The summed E-state index contributed by atoms with van der Waals surface area (Å²) in [6.45, 7) is 2.36. The number of hydrogen-bond donors (Lipinski definition) is 1. The van der Waals surface area contributed by atoms with E-state index in [0.29, 0.717) is 38.3 Å². The molecule has 0 bridgehead atoms. The maximum absolute atomic E-state index is 13.1. The van der Waals surface area contributed by atoms with E-state index in [0.717, 1.165) is 0 Å². The molecule has 0 aromatic heterocycles. The minimum atomic E-state index is -0.555. The molecule has 1 aliphatic rings. The van der Waals surface area contributed by atoms with E-state index in [2.05, 4.69) is 37.2 Å². The highest BCUT2D eigenvalue weighted by molar-refractivity contribution is 9.11. The number of methoxy groups -OCH3 is 1. The molecule has 3 rings (SSSR count). The van der Waals surface area contributed by atoms with E-state index in [1.807, 2.05) is 6.92 Å². The number of ether oxygens (including phenoxy) is 2. The molecule has 0 atom stereocenters. The molecule has 0 aliphatic carbocycles. The lowest BCUT2D eigenvalue weighted by molar-refractivity contribution is -0.122. The number of carbonyl (C=O) groups excluding carboxylic acids is 2. The molecule has 1 aliphatic heterocycles. The van der Waals surface area contributed by atoms with Crippen molar-refractivity contribution in [2.24, 2.45) is 0 Å². The summed E-state index contributed by atoms with van der Waals surface area (Å²) in [7, 11) is 1.55. The fourth-order valence-corrected chi connectivity index (χ4v) is 4.62. The molecule has 0 radical (unpaired) electrons. The van der Waals surface area contributed by atoms with Gasteiger partial charge in [-0.15, -0.1) is 0 Å². The number of thiocarbonyl (C=S) groups is 1. The Morgan fingerprint density at radius 2 is 1.86 bits per heavy atom. The van der Waals surface area contributed by atoms with Crippen LogP contribution in [0.2, 0.25) is 0 Å². The first-order chi connectivity index (χ1) is 13.8. The maximum Gasteiger partial charge on any atom is 0.270 e. The molecule has 0 spiro atoms. The quantitative estimate of drug-likeness (QED) is 0.345. The zero-order valence-corrected chi connectivity index (χ0v) is 19.5. The molecular weight excluding hydrogens is 524 g/mol. The molecule has 2 aromatic rings. The molecule has 1 fully saturated rings. The normalized spacial score (nSPS) is 15.5. The van der Waals surface area contributed by atoms with Gasteiger partial charge in [-0.25, -0.2) is 0 Å². The van der Waals surface area contributed by atoms with Crippen molar-refractivity contribution < 1.29 is 19.1 Å². The summed E-state index contributed by atoms with van der Waals surface area (Å²) in [6, 6.07) is 10.5. The SMILES string of the molecule is CCOc1cccc(N2C(=O)/C(=C/c3cc(Br)c(OC)c(Br)c3)C(=O)NC2=S)c1. The Kier molecular flexibility index (Phi) is 6.71.